The normalized spacial score (nSPS) is 11.3. The monoisotopic (exact) mass is 295 g/mol. The lowest BCUT2D eigenvalue weighted by molar-refractivity contribution is 0.476. The zero-order valence-corrected chi connectivity index (χ0v) is 11.6. The second-order valence-corrected chi connectivity index (χ2v) is 5.30. The largest absolute Gasteiger partial charge is 0.508 e. The molecule has 1 N–H and O–H groups in total. The number of benzene rings is 2. The van der Waals surface area contributed by atoms with E-state index in [1.165, 1.54) is 0 Å². The number of phenols is 1. The van der Waals surface area contributed by atoms with Crippen LogP contribution in [-0.4, -0.2) is 10.1 Å². The van der Waals surface area contributed by atoms with Crippen LogP contribution in [0, 0.1) is 0 Å². The van der Waals surface area contributed by atoms with E-state index < -0.39 is 0 Å². The van der Waals surface area contributed by atoms with Gasteiger partial charge in [-0.25, -0.2) is 4.98 Å². The van der Waals surface area contributed by atoms with Crippen molar-refractivity contribution in [2.45, 2.75) is 0 Å². The summed E-state index contributed by atoms with van der Waals surface area (Å²) in [4.78, 5) is 4.58. The first kappa shape index (κ1) is 12.2. The number of furan rings is 1. The van der Waals surface area contributed by atoms with E-state index in [-0.39, 0.29) is 5.75 Å². The van der Waals surface area contributed by atoms with Crippen molar-refractivity contribution in [1.29, 1.82) is 0 Å². The zero-order chi connectivity index (χ0) is 14.4. The summed E-state index contributed by atoms with van der Waals surface area (Å²) >= 11 is 6.01. The third-order valence-electron chi connectivity index (χ3n) is 3.41. The van der Waals surface area contributed by atoms with Gasteiger partial charge in [0, 0.05) is 15.8 Å². The Morgan fingerprint density at radius 1 is 0.905 bits per heavy atom. The van der Waals surface area contributed by atoms with Gasteiger partial charge in [-0.2, -0.15) is 0 Å². The number of halogens is 1. The Kier molecular flexibility index (Phi) is 2.62. The molecule has 4 heteroatoms. The maximum atomic E-state index is 9.51. The van der Waals surface area contributed by atoms with Crippen molar-refractivity contribution in [1.82, 2.24) is 4.98 Å². The van der Waals surface area contributed by atoms with Crippen LogP contribution in [0.2, 0.25) is 5.02 Å². The third kappa shape index (κ3) is 2.12. The molecule has 0 aliphatic carbocycles. The smallest absolute Gasteiger partial charge is 0.153 e. The molecule has 0 fully saturated rings. The predicted octanol–water partition coefficient (Wildman–Crippen LogP) is 5.01. The molecule has 2 heterocycles. The van der Waals surface area contributed by atoms with Gasteiger partial charge < -0.3 is 9.52 Å². The summed E-state index contributed by atoms with van der Waals surface area (Å²) in [5, 5.41) is 12.0. The molecular weight excluding hydrogens is 286 g/mol. The van der Waals surface area contributed by atoms with Crippen LogP contribution in [0.1, 0.15) is 0 Å². The topological polar surface area (TPSA) is 46.3 Å². The predicted molar refractivity (Wildman–Crippen MR) is 83.6 cm³/mol. The Morgan fingerprint density at radius 2 is 1.76 bits per heavy atom. The SMILES string of the molecule is Oc1ccc2oc(-c3ccc4ccc(Cl)cc4n3)cc2c1. The van der Waals surface area contributed by atoms with Crippen LogP contribution in [0.4, 0.5) is 0 Å². The lowest BCUT2D eigenvalue weighted by Crippen LogP contribution is -1.83. The molecule has 4 rings (SSSR count). The van der Waals surface area contributed by atoms with Gasteiger partial charge >= 0.3 is 0 Å². The molecule has 0 bridgehead atoms. The first-order valence-electron chi connectivity index (χ1n) is 6.48. The van der Waals surface area contributed by atoms with Crippen LogP contribution in [0.3, 0.4) is 0 Å². The Labute approximate surface area is 125 Å². The molecule has 0 saturated heterocycles. The Morgan fingerprint density at radius 3 is 2.67 bits per heavy atom. The fourth-order valence-corrected chi connectivity index (χ4v) is 2.55. The van der Waals surface area contributed by atoms with Crippen LogP contribution < -0.4 is 0 Å². The first-order chi connectivity index (χ1) is 10.2. The van der Waals surface area contributed by atoms with Gasteiger partial charge in [-0.15, -0.1) is 0 Å². The average Bonchev–Trinajstić information content (AvgIpc) is 2.89. The van der Waals surface area contributed by atoms with Crippen molar-refractivity contribution in [2.24, 2.45) is 0 Å². The van der Waals surface area contributed by atoms with E-state index in [1.807, 2.05) is 36.4 Å². The molecule has 0 unspecified atom stereocenters. The van der Waals surface area contributed by atoms with Crippen LogP contribution >= 0.6 is 11.6 Å². The summed E-state index contributed by atoms with van der Waals surface area (Å²) in [5.41, 5.74) is 2.28. The summed E-state index contributed by atoms with van der Waals surface area (Å²) in [5.74, 6) is 0.880. The highest BCUT2D eigenvalue weighted by Gasteiger charge is 2.09. The van der Waals surface area contributed by atoms with Crippen LogP contribution in [0.5, 0.6) is 5.75 Å². The number of hydrogen-bond donors (Lipinski definition) is 1. The van der Waals surface area contributed by atoms with Gasteiger partial charge in [0.05, 0.1) is 5.52 Å². The molecule has 4 aromatic rings. The molecule has 0 aliphatic heterocycles. The Hall–Kier alpha value is -2.52. The quantitative estimate of drug-likeness (QED) is 0.537. The van der Waals surface area contributed by atoms with E-state index in [9.17, 15) is 5.11 Å². The highest BCUT2D eigenvalue weighted by atomic mass is 35.5. The minimum atomic E-state index is 0.216. The van der Waals surface area contributed by atoms with E-state index in [0.717, 1.165) is 27.6 Å². The fraction of sp³-hybridized carbons (Fsp3) is 0. The van der Waals surface area contributed by atoms with Gasteiger partial charge in [-0.05, 0) is 42.5 Å². The minimum absolute atomic E-state index is 0.216. The lowest BCUT2D eigenvalue weighted by atomic mass is 10.2. The number of phenolic OH excluding ortho intramolecular Hbond substituents is 1. The summed E-state index contributed by atoms with van der Waals surface area (Å²) < 4.78 is 5.78. The van der Waals surface area contributed by atoms with Crippen molar-refractivity contribution in [3.8, 4) is 17.2 Å². The Balaban J connectivity index is 1.90. The summed E-state index contributed by atoms with van der Waals surface area (Å²) in [7, 11) is 0. The van der Waals surface area contributed by atoms with E-state index >= 15 is 0 Å². The third-order valence-corrected chi connectivity index (χ3v) is 3.64. The Bertz CT molecular complexity index is 975. The number of aromatic hydroxyl groups is 1. The van der Waals surface area contributed by atoms with Crippen molar-refractivity contribution in [3.05, 3.63) is 59.6 Å². The van der Waals surface area contributed by atoms with Crippen molar-refractivity contribution < 1.29 is 9.52 Å². The van der Waals surface area contributed by atoms with Crippen molar-refractivity contribution in [2.75, 3.05) is 0 Å². The number of nitrogens with zero attached hydrogens (tertiary/aromatic N) is 1. The van der Waals surface area contributed by atoms with Gasteiger partial charge in [0.2, 0.25) is 0 Å². The molecule has 0 spiro atoms. The number of pyridine rings is 1. The molecular formula is C17H10ClNO2. The minimum Gasteiger partial charge on any atom is -0.508 e. The van der Waals surface area contributed by atoms with Crippen LogP contribution in [0.15, 0.2) is 59.0 Å². The summed E-state index contributed by atoms with van der Waals surface area (Å²) in [6.07, 6.45) is 0. The molecule has 2 aromatic carbocycles. The summed E-state index contributed by atoms with van der Waals surface area (Å²) in [6, 6.07) is 16.4. The highest BCUT2D eigenvalue weighted by Crippen LogP contribution is 2.30. The van der Waals surface area contributed by atoms with Gasteiger partial charge in [0.1, 0.15) is 17.0 Å². The molecule has 0 radical (unpaired) electrons. The maximum Gasteiger partial charge on any atom is 0.153 e. The molecule has 2 aromatic heterocycles. The molecule has 0 aliphatic rings. The van der Waals surface area contributed by atoms with Gasteiger partial charge in [-0.1, -0.05) is 23.7 Å². The van der Waals surface area contributed by atoms with Gasteiger partial charge in [-0.3, -0.25) is 0 Å². The fourth-order valence-electron chi connectivity index (χ4n) is 2.38. The van der Waals surface area contributed by atoms with E-state index in [1.54, 1.807) is 18.2 Å². The second-order valence-electron chi connectivity index (χ2n) is 4.87. The van der Waals surface area contributed by atoms with Gasteiger partial charge in [0.25, 0.3) is 0 Å². The van der Waals surface area contributed by atoms with Crippen molar-refractivity contribution in [3.63, 3.8) is 0 Å². The lowest BCUT2D eigenvalue weighted by Gasteiger charge is -2.00. The van der Waals surface area contributed by atoms with E-state index in [0.29, 0.717) is 10.8 Å². The number of hydrogen-bond acceptors (Lipinski definition) is 3. The first-order valence-corrected chi connectivity index (χ1v) is 6.86. The number of rotatable bonds is 1. The van der Waals surface area contributed by atoms with E-state index in [4.69, 9.17) is 16.0 Å². The van der Waals surface area contributed by atoms with Crippen LogP contribution in [0.25, 0.3) is 33.3 Å². The molecule has 0 saturated carbocycles. The molecule has 102 valence electrons. The van der Waals surface area contributed by atoms with E-state index in [2.05, 4.69) is 4.98 Å². The van der Waals surface area contributed by atoms with Gasteiger partial charge in [0.15, 0.2) is 5.76 Å². The number of fused-ring (bicyclic) bond motifs is 2. The molecule has 0 atom stereocenters. The average molecular weight is 296 g/mol. The van der Waals surface area contributed by atoms with Crippen LogP contribution in [-0.2, 0) is 0 Å². The zero-order valence-electron chi connectivity index (χ0n) is 10.9. The molecule has 3 nitrogen and oxygen atoms in total. The molecule has 0 amide bonds. The van der Waals surface area contributed by atoms with Crippen molar-refractivity contribution >= 4 is 33.5 Å². The highest BCUT2D eigenvalue weighted by molar-refractivity contribution is 6.31. The second kappa shape index (κ2) is 4.50. The summed E-state index contributed by atoms with van der Waals surface area (Å²) in [6.45, 7) is 0. The standard InChI is InChI=1S/C17H10ClNO2/c18-12-3-1-10-2-5-14(19-15(10)9-12)17-8-11-7-13(20)4-6-16(11)21-17/h1-9,20H. The number of aromatic nitrogens is 1. The molecule has 21 heavy (non-hydrogen) atoms. The maximum absolute atomic E-state index is 9.51.